The topological polar surface area (TPSA) is 80.5 Å². The van der Waals surface area contributed by atoms with E-state index in [1.54, 1.807) is 25.2 Å². The molecule has 5 nitrogen and oxygen atoms in total. The largest absolute Gasteiger partial charge is 0.340 e. The molecular weight excluding hydrogens is 300 g/mol. The van der Waals surface area contributed by atoms with E-state index in [0.29, 0.717) is 11.6 Å². The maximum absolute atomic E-state index is 12.0. The number of halogens is 1. The van der Waals surface area contributed by atoms with Gasteiger partial charge in [0.25, 0.3) is 0 Å². The average molecular weight is 319 g/mol. The van der Waals surface area contributed by atoms with Gasteiger partial charge in [0.2, 0.25) is 5.91 Å². The van der Waals surface area contributed by atoms with Crippen molar-refractivity contribution >= 4 is 27.3 Å². The maximum atomic E-state index is 12.0. The van der Waals surface area contributed by atoms with E-state index in [4.69, 9.17) is 17.3 Å². The van der Waals surface area contributed by atoms with Crippen LogP contribution in [-0.2, 0) is 21.2 Å². The normalized spacial score (nSPS) is 13.0. The number of hydrogen-bond donors (Lipinski definition) is 1. The van der Waals surface area contributed by atoms with Crippen LogP contribution in [0.2, 0.25) is 5.02 Å². The van der Waals surface area contributed by atoms with Crippen molar-refractivity contribution in [1.82, 2.24) is 4.90 Å². The van der Waals surface area contributed by atoms with Crippen molar-refractivity contribution in [3.05, 3.63) is 34.9 Å². The third kappa shape index (κ3) is 5.90. The molecule has 0 radical (unpaired) electrons. The number of nitrogens with two attached hydrogens (primary N) is 1. The molecule has 0 heterocycles. The number of nitrogens with zero attached hydrogens (tertiary/aromatic N) is 1. The van der Waals surface area contributed by atoms with Gasteiger partial charge in [-0.2, -0.15) is 0 Å². The van der Waals surface area contributed by atoms with Crippen LogP contribution in [0.1, 0.15) is 12.0 Å². The number of likely N-dealkylation sites (N-methyl/N-ethyl adjacent to an activating group) is 1. The molecule has 0 bridgehead atoms. The highest BCUT2D eigenvalue weighted by Gasteiger charge is 2.19. The first-order chi connectivity index (χ1) is 9.19. The zero-order valence-electron chi connectivity index (χ0n) is 11.5. The molecule has 0 aliphatic carbocycles. The van der Waals surface area contributed by atoms with E-state index in [-0.39, 0.29) is 18.1 Å². The lowest BCUT2D eigenvalue weighted by Crippen LogP contribution is -2.42. The van der Waals surface area contributed by atoms with Gasteiger partial charge in [0.15, 0.2) is 0 Å². The summed E-state index contributed by atoms with van der Waals surface area (Å²) in [6.45, 7) is 0.381. The number of carbonyl (C=O) groups excluding carboxylic acids is 1. The highest BCUT2D eigenvalue weighted by molar-refractivity contribution is 7.90. The zero-order chi connectivity index (χ0) is 15.3. The van der Waals surface area contributed by atoms with Gasteiger partial charge in [-0.15, -0.1) is 0 Å². The quantitative estimate of drug-likeness (QED) is 0.850. The number of amides is 1. The SMILES string of the molecule is CN(Cc1cccc(Cl)c1)C(=O)C(N)CCS(C)(=O)=O. The Morgan fingerprint density at radius 3 is 2.65 bits per heavy atom. The number of rotatable bonds is 6. The fraction of sp³-hybridized carbons (Fsp3) is 0.462. The lowest BCUT2D eigenvalue weighted by molar-refractivity contribution is -0.131. The molecule has 0 spiro atoms. The van der Waals surface area contributed by atoms with Gasteiger partial charge in [-0.05, 0) is 24.1 Å². The Morgan fingerprint density at radius 2 is 2.10 bits per heavy atom. The molecule has 1 amide bonds. The predicted molar refractivity (Wildman–Crippen MR) is 80.2 cm³/mol. The van der Waals surface area contributed by atoms with Gasteiger partial charge in [0.05, 0.1) is 11.8 Å². The monoisotopic (exact) mass is 318 g/mol. The van der Waals surface area contributed by atoms with Crippen molar-refractivity contribution < 1.29 is 13.2 Å². The first-order valence-electron chi connectivity index (χ1n) is 6.12. The van der Waals surface area contributed by atoms with Crippen LogP contribution in [0.25, 0.3) is 0 Å². The molecule has 0 saturated heterocycles. The molecule has 112 valence electrons. The van der Waals surface area contributed by atoms with Crippen molar-refractivity contribution in [2.45, 2.75) is 19.0 Å². The fourth-order valence-electron chi connectivity index (χ4n) is 1.73. The highest BCUT2D eigenvalue weighted by Crippen LogP contribution is 2.12. The van der Waals surface area contributed by atoms with Crippen LogP contribution in [0.4, 0.5) is 0 Å². The van der Waals surface area contributed by atoms with Crippen LogP contribution in [0.5, 0.6) is 0 Å². The average Bonchev–Trinajstić information content (AvgIpc) is 2.34. The van der Waals surface area contributed by atoms with Gasteiger partial charge >= 0.3 is 0 Å². The second-order valence-corrected chi connectivity index (χ2v) is 7.55. The summed E-state index contributed by atoms with van der Waals surface area (Å²) in [4.78, 5) is 13.5. The number of carbonyl (C=O) groups is 1. The zero-order valence-corrected chi connectivity index (χ0v) is 13.1. The lowest BCUT2D eigenvalue weighted by atomic mass is 10.2. The van der Waals surface area contributed by atoms with E-state index in [1.807, 2.05) is 6.07 Å². The smallest absolute Gasteiger partial charge is 0.239 e. The van der Waals surface area contributed by atoms with Crippen LogP contribution in [-0.4, -0.2) is 44.3 Å². The second-order valence-electron chi connectivity index (χ2n) is 4.85. The van der Waals surface area contributed by atoms with E-state index in [0.717, 1.165) is 11.8 Å². The van der Waals surface area contributed by atoms with Crippen molar-refractivity contribution in [1.29, 1.82) is 0 Å². The van der Waals surface area contributed by atoms with Gasteiger partial charge < -0.3 is 10.6 Å². The molecule has 2 N–H and O–H groups in total. The summed E-state index contributed by atoms with van der Waals surface area (Å²) in [7, 11) is -1.48. The molecule has 20 heavy (non-hydrogen) atoms. The Morgan fingerprint density at radius 1 is 1.45 bits per heavy atom. The summed E-state index contributed by atoms with van der Waals surface area (Å²) in [5.74, 6) is -0.376. The van der Waals surface area contributed by atoms with Gasteiger partial charge in [-0.3, -0.25) is 4.79 Å². The first-order valence-corrected chi connectivity index (χ1v) is 8.55. The molecule has 7 heteroatoms. The Bertz CT molecular complexity index is 575. The van der Waals surface area contributed by atoms with Crippen molar-refractivity contribution in [2.24, 2.45) is 5.73 Å². The van der Waals surface area contributed by atoms with Crippen LogP contribution in [0, 0.1) is 0 Å². The minimum Gasteiger partial charge on any atom is -0.340 e. The Hall–Kier alpha value is -1.11. The maximum Gasteiger partial charge on any atom is 0.239 e. The molecular formula is C13H19ClN2O3S. The third-order valence-corrected chi connectivity index (χ3v) is 4.01. The molecule has 0 aliphatic rings. The van der Waals surface area contributed by atoms with E-state index < -0.39 is 15.9 Å². The lowest BCUT2D eigenvalue weighted by Gasteiger charge is -2.21. The number of hydrogen-bond acceptors (Lipinski definition) is 4. The molecule has 1 aromatic rings. The van der Waals surface area contributed by atoms with Gasteiger partial charge in [0, 0.05) is 24.9 Å². The molecule has 0 aromatic heterocycles. The molecule has 1 atom stereocenters. The van der Waals surface area contributed by atoms with Crippen molar-refractivity contribution in [3.63, 3.8) is 0 Å². The molecule has 0 fully saturated rings. The summed E-state index contributed by atoms with van der Waals surface area (Å²) in [6.07, 6.45) is 1.25. The molecule has 1 unspecified atom stereocenters. The van der Waals surface area contributed by atoms with Crippen LogP contribution >= 0.6 is 11.6 Å². The third-order valence-electron chi connectivity index (χ3n) is 2.80. The Balaban J connectivity index is 2.58. The predicted octanol–water partition coefficient (Wildman–Crippen LogP) is 1.06. The van der Waals surface area contributed by atoms with Crippen molar-refractivity contribution in [2.75, 3.05) is 19.1 Å². The minimum absolute atomic E-state index is 0.0923. The Labute approximate surface area is 124 Å². The second kappa shape index (κ2) is 7.06. The first kappa shape index (κ1) is 16.9. The Kier molecular flexibility index (Phi) is 5.98. The summed E-state index contributed by atoms with van der Waals surface area (Å²) in [5, 5.41) is 0.602. The van der Waals surface area contributed by atoms with Crippen molar-refractivity contribution in [3.8, 4) is 0 Å². The van der Waals surface area contributed by atoms with Crippen LogP contribution in [0.3, 0.4) is 0 Å². The van der Waals surface area contributed by atoms with Crippen LogP contribution < -0.4 is 5.73 Å². The minimum atomic E-state index is -3.11. The summed E-state index contributed by atoms with van der Waals surface area (Å²) < 4.78 is 22.1. The van der Waals surface area contributed by atoms with E-state index in [1.165, 1.54) is 4.90 Å². The number of sulfone groups is 1. The summed E-state index contributed by atoms with van der Waals surface area (Å²) in [5.41, 5.74) is 6.62. The molecule has 1 rings (SSSR count). The van der Waals surface area contributed by atoms with Crippen LogP contribution in [0.15, 0.2) is 24.3 Å². The standard InChI is InChI=1S/C13H19ClN2O3S/c1-16(9-10-4-3-5-11(14)8-10)13(17)12(15)6-7-20(2,18)19/h3-5,8,12H,6-7,9,15H2,1-2H3. The molecule has 0 saturated carbocycles. The summed E-state index contributed by atoms with van der Waals surface area (Å²) >= 11 is 5.88. The fourth-order valence-corrected chi connectivity index (χ4v) is 2.63. The van der Waals surface area contributed by atoms with E-state index in [9.17, 15) is 13.2 Å². The highest BCUT2D eigenvalue weighted by atomic mass is 35.5. The van der Waals surface area contributed by atoms with E-state index >= 15 is 0 Å². The van der Waals surface area contributed by atoms with Gasteiger partial charge in [0.1, 0.15) is 9.84 Å². The van der Waals surface area contributed by atoms with E-state index in [2.05, 4.69) is 0 Å². The molecule has 1 aromatic carbocycles. The van der Waals surface area contributed by atoms with Gasteiger partial charge in [-0.25, -0.2) is 8.42 Å². The summed E-state index contributed by atoms with van der Waals surface area (Å²) in [6, 6.07) is 6.38. The molecule has 0 aliphatic heterocycles. The van der Waals surface area contributed by atoms with Gasteiger partial charge in [-0.1, -0.05) is 23.7 Å². The number of benzene rings is 1.